The molecule has 186 valence electrons. The van der Waals surface area contributed by atoms with E-state index in [1.54, 1.807) is 19.1 Å². The fourth-order valence-corrected chi connectivity index (χ4v) is 4.60. The van der Waals surface area contributed by atoms with Gasteiger partial charge in [0.05, 0.1) is 17.0 Å². The Hall–Kier alpha value is -2.17. The first kappa shape index (κ1) is 28.1. The number of rotatable bonds is 10. The van der Waals surface area contributed by atoms with E-state index in [1.807, 2.05) is 26.0 Å². The third-order valence-corrected chi connectivity index (χ3v) is 7.20. The standard InChI is InChI=1S/C23H28BrClFN3O4S/c1-5-15(2)27-23(31)16(3)28(13-17-7-6-8-18(24)11-17)22(30)14-29(34(4,32)33)19-9-10-21(26)20(25)12-19/h6-12,15-16H,5,13-14H2,1-4H3,(H,27,31)/t15-,16+/m0/s1. The maximum Gasteiger partial charge on any atom is 0.244 e. The summed E-state index contributed by atoms with van der Waals surface area (Å²) in [6, 6.07) is 9.68. The van der Waals surface area contributed by atoms with Crippen LogP contribution in [0, 0.1) is 5.82 Å². The molecule has 0 aliphatic rings. The molecule has 1 N–H and O–H groups in total. The summed E-state index contributed by atoms with van der Waals surface area (Å²) in [5.41, 5.74) is 0.794. The van der Waals surface area contributed by atoms with Crippen LogP contribution < -0.4 is 9.62 Å². The number of amides is 2. The SMILES string of the molecule is CC[C@H](C)NC(=O)[C@@H](C)N(Cc1cccc(Br)c1)C(=O)CN(c1ccc(F)c(Cl)c1)S(C)(=O)=O. The average molecular weight is 577 g/mol. The van der Waals surface area contributed by atoms with Gasteiger partial charge in [0.1, 0.15) is 18.4 Å². The van der Waals surface area contributed by atoms with E-state index in [9.17, 15) is 22.4 Å². The Morgan fingerprint density at radius 2 is 1.85 bits per heavy atom. The van der Waals surface area contributed by atoms with Gasteiger partial charge in [0.2, 0.25) is 21.8 Å². The number of nitrogens with one attached hydrogen (secondary N) is 1. The van der Waals surface area contributed by atoms with Crippen molar-refractivity contribution in [2.75, 3.05) is 17.1 Å². The van der Waals surface area contributed by atoms with Crippen LogP contribution in [0.2, 0.25) is 5.02 Å². The van der Waals surface area contributed by atoms with Gasteiger partial charge < -0.3 is 10.2 Å². The fourth-order valence-electron chi connectivity index (χ4n) is 3.13. The molecule has 0 fully saturated rings. The Morgan fingerprint density at radius 1 is 1.18 bits per heavy atom. The molecular formula is C23H28BrClFN3O4S. The molecule has 2 aromatic rings. The van der Waals surface area contributed by atoms with Crippen molar-refractivity contribution in [3.63, 3.8) is 0 Å². The number of carbonyl (C=O) groups excluding carboxylic acids is 2. The molecule has 2 atom stereocenters. The molecule has 2 aromatic carbocycles. The minimum atomic E-state index is -3.93. The van der Waals surface area contributed by atoms with E-state index in [0.29, 0.717) is 6.42 Å². The van der Waals surface area contributed by atoms with E-state index >= 15 is 0 Å². The van der Waals surface area contributed by atoms with E-state index in [1.165, 1.54) is 11.0 Å². The molecular weight excluding hydrogens is 549 g/mol. The first-order valence-corrected chi connectivity index (χ1v) is 13.6. The summed E-state index contributed by atoms with van der Waals surface area (Å²) in [6.45, 7) is 4.87. The largest absolute Gasteiger partial charge is 0.352 e. The van der Waals surface area contributed by atoms with Crippen molar-refractivity contribution >= 4 is 55.1 Å². The van der Waals surface area contributed by atoms with Crippen molar-refractivity contribution in [3.8, 4) is 0 Å². The highest BCUT2D eigenvalue weighted by atomic mass is 79.9. The van der Waals surface area contributed by atoms with Crippen LogP contribution in [0.4, 0.5) is 10.1 Å². The molecule has 0 saturated carbocycles. The first-order valence-electron chi connectivity index (χ1n) is 10.6. The van der Waals surface area contributed by atoms with E-state index in [-0.39, 0.29) is 29.2 Å². The van der Waals surface area contributed by atoms with Crippen LogP contribution in [-0.4, -0.2) is 50.0 Å². The number of halogens is 3. The second-order valence-electron chi connectivity index (χ2n) is 8.01. The highest BCUT2D eigenvalue weighted by Gasteiger charge is 2.30. The second-order valence-corrected chi connectivity index (χ2v) is 11.2. The first-order chi connectivity index (χ1) is 15.8. The van der Waals surface area contributed by atoms with Gasteiger partial charge in [-0.05, 0) is 56.2 Å². The Balaban J connectivity index is 2.41. The Morgan fingerprint density at radius 3 is 2.41 bits per heavy atom. The summed E-state index contributed by atoms with van der Waals surface area (Å²) in [6.07, 6.45) is 1.65. The number of benzene rings is 2. The van der Waals surface area contributed by atoms with Crippen molar-refractivity contribution in [3.05, 3.63) is 63.3 Å². The van der Waals surface area contributed by atoms with Gasteiger partial charge in [0.15, 0.2) is 0 Å². The number of anilines is 1. The molecule has 0 spiro atoms. The highest BCUT2D eigenvalue weighted by molar-refractivity contribution is 9.10. The van der Waals surface area contributed by atoms with E-state index in [0.717, 1.165) is 32.7 Å². The Bertz CT molecular complexity index is 1150. The van der Waals surface area contributed by atoms with Crippen molar-refractivity contribution in [1.29, 1.82) is 0 Å². The van der Waals surface area contributed by atoms with Crippen LogP contribution in [-0.2, 0) is 26.2 Å². The van der Waals surface area contributed by atoms with Gasteiger partial charge in [0.25, 0.3) is 0 Å². The third-order valence-electron chi connectivity index (χ3n) is 5.28. The zero-order valence-electron chi connectivity index (χ0n) is 19.4. The van der Waals surface area contributed by atoms with Gasteiger partial charge in [-0.2, -0.15) is 0 Å². The van der Waals surface area contributed by atoms with Crippen LogP contribution in [0.5, 0.6) is 0 Å². The van der Waals surface area contributed by atoms with Crippen LogP contribution in [0.15, 0.2) is 46.9 Å². The lowest BCUT2D eigenvalue weighted by Gasteiger charge is -2.32. The molecule has 2 amide bonds. The van der Waals surface area contributed by atoms with Crippen LogP contribution in [0.3, 0.4) is 0 Å². The van der Waals surface area contributed by atoms with Crippen molar-refractivity contribution in [1.82, 2.24) is 10.2 Å². The molecule has 0 saturated heterocycles. The van der Waals surface area contributed by atoms with Crippen molar-refractivity contribution in [2.45, 2.75) is 45.8 Å². The Kier molecular flexibility index (Phi) is 9.90. The van der Waals surface area contributed by atoms with Crippen LogP contribution in [0.1, 0.15) is 32.8 Å². The predicted octanol–water partition coefficient (Wildman–Crippen LogP) is 4.34. The zero-order valence-corrected chi connectivity index (χ0v) is 22.5. The number of sulfonamides is 1. The smallest absolute Gasteiger partial charge is 0.244 e. The Labute approximate surface area is 213 Å². The number of hydrogen-bond donors (Lipinski definition) is 1. The maximum atomic E-state index is 13.6. The van der Waals surface area contributed by atoms with E-state index in [2.05, 4.69) is 21.2 Å². The molecule has 7 nitrogen and oxygen atoms in total. The highest BCUT2D eigenvalue weighted by Crippen LogP contribution is 2.25. The van der Waals surface area contributed by atoms with Gasteiger partial charge in [-0.1, -0.05) is 46.6 Å². The minimum absolute atomic E-state index is 0.0429. The summed E-state index contributed by atoms with van der Waals surface area (Å²) < 4.78 is 40.3. The molecule has 11 heteroatoms. The van der Waals surface area contributed by atoms with Crippen LogP contribution in [0.25, 0.3) is 0 Å². The molecule has 2 rings (SSSR count). The number of nitrogens with zero attached hydrogens (tertiary/aromatic N) is 2. The summed E-state index contributed by atoms with van der Waals surface area (Å²) >= 11 is 9.23. The predicted molar refractivity (Wildman–Crippen MR) is 136 cm³/mol. The number of carbonyl (C=O) groups is 2. The lowest BCUT2D eigenvalue weighted by molar-refractivity contribution is -0.139. The summed E-state index contributed by atoms with van der Waals surface area (Å²) in [7, 11) is -3.93. The minimum Gasteiger partial charge on any atom is -0.352 e. The zero-order chi connectivity index (χ0) is 25.6. The van der Waals surface area contributed by atoms with Crippen LogP contribution >= 0.6 is 27.5 Å². The molecule has 0 aromatic heterocycles. The van der Waals surface area contributed by atoms with Crippen molar-refractivity contribution < 1.29 is 22.4 Å². The third kappa shape index (κ3) is 7.68. The quantitative estimate of drug-likeness (QED) is 0.456. The fraction of sp³-hybridized carbons (Fsp3) is 0.391. The second kappa shape index (κ2) is 12.0. The van der Waals surface area contributed by atoms with Gasteiger partial charge in [-0.25, -0.2) is 12.8 Å². The van der Waals surface area contributed by atoms with Gasteiger partial charge >= 0.3 is 0 Å². The summed E-state index contributed by atoms with van der Waals surface area (Å²) in [5.74, 6) is -1.66. The van der Waals surface area contributed by atoms with Gasteiger partial charge in [-0.15, -0.1) is 0 Å². The molecule has 34 heavy (non-hydrogen) atoms. The lowest BCUT2D eigenvalue weighted by atomic mass is 10.1. The topological polar surface area (TPSA) is 86.8 Å². The number of hydrogen-bond acceptors (Lipinski definition) is 4. The van der Waals surface area contributed by atoms with E-state index < -0.39 is 34.3 Å². The lowest BCUT2D eigenvalue weighted by Crippen LogP contribution is -2.52. The average Bonchev–Trinajstić information content (AvgIpc) is 2.76. The monoisotopic (exact) mass is 575 g/mol. The molecule has 0 bridgehead atoms. The molecule has 0 heterocycles. The van der Waals surface area contributed by atoms with Gasteiger partial charge in [0, 0.05) is 17.1 Å². The molecule has 0 aliphatic carbocycles. The molecule has 0 radical (unpaired) electrons. The maximum absolute atomic E-state index is 13.6. The van der Waals surface area contributed by atoms with Crippen molar-refractivity contribution in [2.24, 2.45) is 0 Å². The van der Waals surface area contributed by atoms with E-state index in [4.69, 9.17) is 11.6 Å². The summed E-state index contributed by atoms with van der Waals surface area (Å²) in [5, 5.41) is 2.59. The molecule has 0 unspecified atom stereocenters. The van der Waals surface area contributed by atoms with Gasteiger partial charge in [-0.3, -0.25) is 13.9 Å². The summed E-state index contributed by atoms with van der Waals surface area (Å²) in [4.78, 5) is 27.6. The molecule has 0 aliphatic heterocycles. The normalized spacial score (nSPS) is 13.1.